The van der Waals surface area contributed by atoms with Gasteiger partial charge in [-0.2, -0.15) is 4.98 Å². The molecule has 2 heterocycles. The van der Waals surface area contributed by atoms with Crippen LogP contribution < -0.4 is 19.1 Å². The molecule has 1 aliphatic heterocycles. The maximum Gasteiger partial charge on any atom is 0.257 e. The SMILES string of the molecule is COc1cccc(C(=O)N2CCN(c3cc(Oc4ccc(C)cc4)nc(C)n3)CC2)c1OC. The second kappa shape index (κ2) is 9.77. The lowest BCUT2D eigenvalue weighted by Crippen LogP contribution is -2.49. The fraction of sp³-hybridized carbons (Fsp3) is 0.320. The van der Waals surface area contributed by atoms with E-state index in [9.17, 15) is 4.79 Å². The topological polar surface area (TPSA) is 77.0 Å². The number of anilines is 1. The Labute approximate surface area is 193 Å². The minimum atomic E-state index is -0.0762. The molecule has 0 unspecified atom stereocenters. The van der Waals surface area contributed by atoms with Crippen LogP contribution in [0.25, 0.3) is 0 Å². The molecule has 4 rings (SSSR count). The smallest absolute Gasteiger partial charge is 0.257 e. The summed E-state index contributed by atoms with van der Waals surface area (Å²) in [7, 11) is 3.10. The van der Waals surface area contributed by atoms with Gasteiger partial charge in [0, 0.05) is 32.2 Å². The molecular weight excluding hydrogens is 420 g/mol. The lowest BCUT2D eigenvalue weighted by Gasteiger charge is -2.35. The number of hydrogen-bond donors (Lipinski definition) is 0. The molecule has 0 N–H and O–H groups in total. The van der Waals surface area contributed by atoms with Crippen molar-refractivity contribution in [3.8, 4) is 23.1 Å². The minimum absolute atomic E-state index is 0.0762. The lowest BCUT2D eigenvalue weighted by molar-refractivity contribution is 0.0742. The first-order valence-corrected chi connectivity index (χ1v) is 10.8. The number of hydrogen-bond acceptors (Lipinski definition) is 7. The number of piperazine rings is 1. The molecule has 8 heteroatoms. The van der Waals surface area contributed by atoms with Crippen molar-refractivity contribution in [1.29, 1.82) is 0 Å². The highest BCUT2D eigenvalue weighted by molar-refractivity contribution is 5.98. The second-order valence-electron chi connectivity index (χ2n) is 7.85. The molecule has 0 spiro atoms. The molecule has 1 fully saturated rings. The summed E-state index contributed by atoms with van der Waals surface area (Å²) in [6, 6.07) is 15.0. The minimum Gasteiger partial charge on any atom is -0.493 e. The first kappa shape index (κ1) is 22.4. The number of amides is 1. The molecule has 2 aromatic carbocycles. The van der Waals surface area contributed by atoms with Gasteiger partial charge in [0.1, 0.15) is 17.4 Å². The first-order chi connectivity index (χ1) is 16.0. The van der Waals surface area contributed by atoms with E-state index in [4.69, 9.17) is 14.2 Å². The van der Waals surface area contributed by atoms with Crippen LogP contribution in [-0.4, -0.2) is 61.2 Å². The predicted molar refractivity (Wildman–Crippen MR) is 126 cm³/mol. The number of carbonyl (C=O) groups excluding carboxylic acids is 1. The number of methoxy groups -OCH3 is 2. The molecule has 0 aliphatic carbocycles. The Morgan fingerprint density at radius 1 is 0.909 bits per heavy atom. The first-order valence-electron chi connectivity index (χ1n) is 10.8. The van der Waals surface area contributed by atoms with Crippen molar-refractivity contribution in [3.05, 3.63) is 65.5 Å². The summed E-state index contributed by atoms with van der Waals surface area (Å²) in [5, 5.41) is 0. The number of carbonyl (C=O) groups is 1. The molecule has 0 atom stereocenters. The molecule has 0 saturated carbocycles. The van der Waals surface area contributed by atoms with Crippen LogP contribution in [-0.2, 0) is 0 Å². The van der Waals surface area contributed by atoms with E-state index in [-0.39, 0.29) is 5.91 Å². The molecule has 8 nitrogen and oxygen atoms in total. The molecule has 1 amide bonds. The van der Waals surface area contributed by atoms with Crippen molar-refractivity contribution >= 4 is 11.7 Å². The normalized spacial score (nSPS) is 13.6. The molecule has 1 aliphatic rings. The quantitative estimate of drug-likeness (QED) is 0.567. The van der Waals surface area contributed by atoms with Crippen LogP contribution in [0, 0.1) is 13.8 Å². The summed E-state index contributed by atoms with van der Waals surface area (Å²) in [5.41, 5.74) is 1.66. The van der Waals surface area contributed by atoms with Gasteiger partial charge in [-0.15, -0.1) is 0 Å². The zero-order valence-corrected chi connectivity index (χ0v) is 19.4. The Bertz CT molecular complexity index is 1130. The van der Waals surface area contributed by atoms with Crippen LogP contribution in [0.3, 0.4) is 0 Å². The number of benzene rings is 2. The zero-order chi connectivity index (χ0) is 23.4. The highest BCUT2D eigenvalue weighted by atomic mass is 16.5. The number of para-hydroxylation sites is 1. The highest BCUT2D eigenvalue weighted by Crippen LogP contribution is 2.32. The molecule has 172 valence electrons. The number of rotatable bonds is 6. The number of aryl methyl sites for hydroxylation is 2. The van der Waals surface area contributed by atoms with E-state index in [1.165, 1.54) is 5.56 Å². The predicted octanol–water partition coefficient (Wildman–Crippen LogP) is 3.87. The fourth-order valence-corrected chi connectivity index (χ4v) is 3.83. The van der Waals surface area contributed by atoms with Crippen molar-refractivity contribution in [2.45, 2.75) is 13.8 Å². The summed E-state index contributed by atoms with van der Waals surface area (Å²) in [5.74, 6) is 3.57. The average molecular weight is 449 g/mol. The highest BCUT2D eigenvalue weighted by Gasteiger charge is 2.26. The van der Waals surface area contributed by atoms with E-state index >= 15 is 0 Å². The van der Waals surface area contributed by atoms with Gasteiger partial charge in [0.2, 0.25) is 5.88 Å². The second-order valence-corrected chi connectivity index (χ2v) is 7.85. The molecule has 0 bridgehead atoms. The van der Waals surface area contributed by atoms with Crippen LogP contribution >= 0.6 is 0 Å². The Kier molecular flexibility index (Phi) is 6.63. The van der Waals surface area contributed by atoms with Crippen LogP contribution in [0.2, 0.25) is 0 Å². The van der Waals surface area contributed by atoms with Crippen LogP contribution in [0.15, 0.2) is 48.5 Å². The number of aromatic nitrogens is 2. The van der Waals surface area contributed by atoms with E-state index in [1.807, 2.05) is 49.1 Å². The Hall–Kier alpha value is -3.81. The van der Waals surface area contributed by atoms with Crippen molar-refractivity contribution in [1.82, 2.24) is 14.9 Å². The summed E-state index contributed by atoms with van der Waals surface area (Å²) >= 11 is 0. The molecule has 33 heavy (non-hydrogen) atoms. The standard InChI is InChI=1S/C25H28N4O4/c1-17-8-10-19(11-9-17)33-23-16-22(26-18(2)27-23)28-12-14-29(15-13-28)25(30)20-6-5-7-21(31-3)24(20)32-4/h5-11,16H,12-15H2,1-4H3. The zero-order valence-electron chi connectivity index (χ0n) is 19.4. The Morgan fingerprint density at radius 2 is 1.64 bits per heavy atom. The summed E-state index contributed by atoms with van der Waals surface area (Å²) in [6.07, 6.45) is 0. The Balaban J connectivity index is 1.45. The van der Waals surface area contributed by atoms with Crippen LogP contribution in [0.5, 0.6) is 23.1 Å². The van der Waals surface area contributed by atoms with Crippen molar-refractivity contribution < 1.29 is 19.0 Å². The number of nitrogens with zero attached hydrogens (tertiary/aromatic N) is 4. The van der Waals surface area contributed by atoms with Gasteiger partial charge in [-0.1, -0.05) is 23.8 Å². The molecule has 1 saturated heterocycles. The van der Waals surface area contributed by atoms with Crippen LogP contribution in [0.4, 0.5) is 5.82 Å². The van der Waals surface area contributed by atoms with Gasteiger partial charge in [0.25, 0.3) is 5.91 Å². The van der Waals surface area contributed by atoms with Gasteiger partial charge >= 0.3 is 0 Å². The van der Waals surface area contributed by atoms with Gasteiger partial charge in [-0.3, -0.25) is 4.79 Å². The van der Waals surface area contributed by atoms with Gasteiger partial charge in [-0.25, -0.2) is 4.98 Å². The Morgan fingerprint density at radius 3 is 2.30 bits per heavy atom. The van der Waals surface area contributed by atoms with E-state index < -0.39 is 0 Å². The molecule has 1 aromatic heterocycles. The third kappa shape index (κ3) is 5.00. The molecule has 3 aromatic rings. The van der Waals surface area contributed by atoms with Crippen molar-refractivity contribution in [3.63, 3.8) is 0 Å². The van der Waals surface area contributed by atoms with E-state index in [0.29, 0.717) is 54.9 Å². The van der Waals surface area contributed by atoms with Gasteiger partial charge in [0.05, 0.1) is 19.8 Å². The molecular formula is C25H28N4O4. The van der Waals surface area contributed by atoms with Crippen LogP contribution in [0.1, 0.15) is 21.7 Å². The van der Waals surface area contributed by atoms with Gasteiger partial charge in [0.15, 0.2) is 11.5 Å². The van der Waals surface area contributed by atoms with E-state index in [2.05, 4.69) is 14.9 Å². The average Bonchev–Trinajstić information content (AvgIpc) is 2.84. The maximum atomic E-state index is 13.2. The third-order valence-electron chi connectivity index (χ3n) is 5.57. The maximum absolute atomic E-state index is 13.2. The lowest BCUT2D eigenvalue weighted by atomic mass is 10.1. The third-order valence-corrected chi connectivity index (χ3v) is 5.57. The summed E-state index contributed by atoms with van der Waals surface area (Å²) < 4.78 is 16.7. The number of ether oxygens (including phenoxy) is 3. The largest absolute Gasteiger partial charge is 0.493 e. The summed E-state index contributed by atoms with van der Waals surface area (Å²) in [4.78, 5) is 26.1. The van der Waals surface area contributed by atoms with Gasteiger partial charge in [-0.05, 0) is 38.1 Å². The molecule has 0 radical (unpaired) electrons. The van der Waals surface area contributed by atoms with Crippen molar-refractivity contribution in [2.75, 3.05) is 45.3 Å². The van der Waals surface area contributed by atoms with E-state index in [1.54, 1.807) is 32.4 Å². The van der Waals surface area contributed by atoms with E-state index in [0.717, 1.165) is 11.6 Å². The fourth-order valence-electron chi connectivity index (χ4n) is 3.83. The monoisotopic (exact) mass is 448 g/mol. The summed E-state index contributed by atoms with van der Waals surface area (Å²) in [6.45, 7) is 6.32. The van der Waals surface area contributed by atoms with Crippen molar-refractivity contribution in [2.24, 2.45) is 0 Å². The van der Waals surface area contributed by atoms with Gasteiger partial charge < -0.3 is 24.0 Å².